The Morgan fingerprint density at radius 2 is 2.12 bits per heavy atom. The highest BCUT2D eigenvalue weighted by molar-refractivity contribution is 6.04. The van der Waals surface area contributed by atoms with Gasteiger partial charge in [0, 0.05) is 17.6 Å². The highest BCUT2D eigenvalue weighted by atomic mass is 16.6. The number of nitrogens with zero attached hydrogens (tertiary/aromatic N) is 2. The van der Waals surface area contributed by atoms with E-state index in [1.807, 2.05) is 0 Å². The molecule has 2 aromatic rings. The molecule has 0 unspecified atom stereocenters. The van der Waals surface area contributed by atoms with Crippen molar-refractivity contribution in [3.8, 4) is 0 Å². The van der Waals surface area contributed by atoms with E-state index in [1.54, 1.807) is 13.0 Å². The molecule has 86 valence electrons. The van der Waals surface area contributed by atoms with Crippen molar-refractivity contribution in [2.75, 3.05) is 0 Å². The standard InChI is InChI=1S/C11H8N2O4/c1-6-4-8-7(9(5-6)13(16)17)2-3-12-10(8)11(14)15/h2-5H,1H3,(H,14,15). The lowest BCUT2D eigenvalue weighted by atomic mass is 10.0. The molecular formula is C11H8N2O4. The van der Waals surface area contributed by atoms with E-state index in [4.69, 9.17) is 5.11 Å². The van der Waals surface area contributed by atoms with Crippen LogP contribution in [-0.2, 0) is 0 Å². The summed E-state index contributed by atoms with van der Waals surface area (Å²) < 4.78 is 0. The normalized spacial score (nSPS) is 10.4. The van der Waals surface area contributed by atoms with E-state index >= 15 is 0 Å². The summed E-state index contributed by atoms with van der Waals surface area (Å²) in [5, 5.41) is 20.4. The highest BCUT2D eigenvalue weighted by Gasteiger charge is 2.17. The third kappa shape index (κ3) is 1.80. The molecule has 0 amide bonds. The zero-order chi connectivity index (χ0) is 12.6. The van der Waals surface area contributed by atoms with Gasteiger partial charge in [-0.05, 0) is 24.6 Å². The average Bonchev–Trinajstić information content (AvgIpc) is 2.26. The van der Waals surface area contributed by atoms with Crippen molar-refractivity contribution in [3.63, 3.8) is 0 Å². The lowest BCUT2D eigenvalue weighted by Gasteiger charge is -2.03. The van der Waals surface area contributed by atoms with Gasteiger partial charge in [-0.3, -0.25) is 10.1 Å². The smallest absolute Gasteiger partial charge is 0.355 e. The number of carbonyl (C=O) groups is 1. The highest BCUT2D eigenvalue weighted by Crippen LogP contribution is 2.28. The van der Waals surface area contributed by atoms with Crippen LogP contribution in [-0.4, -0.2) is 21.0 Å². The quantitative estimate of drug-likeness (QED) is 0.632. The van der Waals surface area contributed by atoms with E-state index in [2.05, 4.69) is 4.98 Å². The molecule has 1 N–H and O–H groups in total. The number of aromatic carboxylic acids is 1. The Morgan fingerprint density at radius 3 is 2.71 bits per heavy atom. The Hall–Kier alpha value is -2.50. The van der Waals surface area contributed by atoms with Crippen LogP contribution < -0.4 is 0 Å². The molecule has 17 heavy (non-hydrogen) atoms. The van der Waals surface area contributed by atoms with Crippen molar-refractivity contribution in [1.82, 2.24) is 4.98 Å². The molecule has 0 atom stereocenters. The van der Waals surface area contributed by atoms with Crippen LogP contribution in [0, 0.1) is 17.0 Å². The molecule has 0 bridgehead atoms. The fourth-order valence-corrected chi connectivity index (χ4v) is 1.73. The molecule has 1 aromatic carbocycles. The van der Waals surface area contributed by atoms with Crippen LogP contribution in [0.4, 0.5) is 5.69 Å². The summed E-state index contributed by atoms with van der Waals surface area (Å²) in [7, 11) is 0. The fourth-order valence-electron chi connectivity index (χ4n) is 1.73. The largest absolute Gasteiger partial charge is 0.476 e. The van der Waals surface area contributed by atoms with Gasteiger partial charge in [0.2, 0.25) is 0 Å². The fraction of sp³-hybridized carbons (Fsp3) is 0.0909. The lowest BCUT2D eigenvalue weighted by Crippen LogP contribution is -2.02. The SMILES string of the molecule is Cc1cc([N+](=O)[O-])c2ccnc(C(=O)O)c2c1. The number of benzene rings is 1. The summed E-state index contributed by atoms with van der Waals surface area (Å²) in [6.45, 7) is 1.67. The number of non-ortho nitro benzene ring substituents is 1. The predicted octanol–water partition coefficient (Wildman–Crippen LogP) is 2.15. The maximum atomic E-state index is 11.0. The van der Waals surface area contributed by atoms with Crippen molar-refractivity contribution in [3.05, 3.63) is 45.8 Å². The molecule has 0 spiro atoms. The molecule has 6 heteroatoms. The van der Waals surface area contributed by atoms with Gasteiger partial charge in [-0.25, -0.2) is 9.78 Å². The summed E-state index contributed by atoms with van der Waals surface area (Å²) in [6, 6.07) is 4.44. The molecule has 6 nitrogen and oxygen atoms in total. The lowest BCUT2D eigenvalue weighted by molar-refractivity contribution is -0.383. The van der Waals surface area contributed by atoms with Crippen LogP contribution >= 0.6 is 0 Å². The second-order valence-corrected chi connectivity index (χ2v) is 3.60. The minimum absolute atomic E-state index is 0.107. The first-order valence-corrected chi connectivity index (χ1v) is 4.78. The van der Waals surface area contributed by atoms with Crippen LogP contribution in [0.2, 0.25) is 0 Å². The number of aromatic nitrogens is 1. The molecule has 0 fully saturated rings. The van der Waals surface area contributed by atoms with Crippen molar-refractivity contribution < 1.29 is 14.8 Å². The molecule has 0 aliphatic heterocycles. The van der Waals surface area contributed by atoms with Gasteiger partial charge in [0.1, 0.15) is 0 Å². The van der Waals surface area contributed by atoms with Gasteiger partial charge in [0.25, 0.3) is 5.69 Å². The third-order valence-corrected chi connectivity index (χ3v) is 2.40. The summed E-state index contributed by atoms with van der Waals surface area (Å²) in [6.07, 6.45) is 1.26. The van der Waals surface area contributed by atoms with E-state index < -0.39 is 10.9 Å². The Bertz CT molecular complexity index is 637. The van der Waals surface area contributed by atoms with Crippen molar-refractivity contribution in [2.45, 2.75) is 6.92 Å². The molecule has 0 aliphatic carbocycles. The Labute approximate surface area is 95.7 Å². The molecule has 1 aromatic heterocycles. The molecule has 0 saturated carbocycles. The summed E-state index contributed by atoms with van der Waals surface area (Å²) >= 11 is 0. The Balaban J connectivity index is 2.92. The van der Waals surface area contributed by atoms with Crippen molar-refractivity contribution >= 4 is 22.4 Å². The van der Waals surface area contributed by atoms with Crippen LogP contribution in [0.3, 0.4) is 0 Å². The number of fused-ring (bicyclic) bond motifs is 1. The number of aryl methyl sites for hydroxylation is 1. The van der Waals surface area contributed by atoms with E-state index in [-0.39, 0.29) is 22.2 Å². The van der Waals surface area contributed by atoms with Crippen LogP contribution in [0.15, 0.2) is 24.4 Å². The second-order valence-electron chi connectivity index (χ2n) is 3.60. The Morgan fingerprint density at radius 1 is 1.41 bits per heavy atom. The summed E-state index contributed by atoms with van der Waals surface area (Å²) in [4.78, 5) is 25.1. The van der Waals surface area contributed by atoms with Crippen LogP contribution in [0.5, 0.6) is 0 Å². The molecule has 1 heterocycles. The van der Waals surface area contributed by atoms with E-state index in [0.29, 0.717) is 5.56 Å². The topological polar surface area (TPSA) is 93.3 Å². The van der Waals surface area contributed by atoms with E-state index in [9.17, 15) is 14.9 Å². The first kappa shape index (κ1) is 11.0. The number of hydrogen-bond acceptors (Lipinski definition) is 4. The minimum Gasteiger partial charge on any atom is -0.476 e. The van der Waals surface area contributed by atoms with Gasteiger partial charge < -0.3 is 5.11 Å². The summed E-state index contributed by atoms with van der Waals surface area (Å²) in [5.41, 5.74) is 0.346. The Kier molecular flexibility index (Phi) is 2.47. The van der Waals surface area contributed by atoms with Crippen molar-refractivity contribution in [1.29, 1.82) is 0 Å². The van der Waals surface area contributed by atoms with Crippen LogP contribution in [0.1, 0.15) is 16.1 Å². The maximum absolute atomic E-state index is 11.0. The number of rotatable bonds is 2. The molecule has 0 aliphatic rings. The van der Waals surface area contributed by atoms with Crippen molar-refractivity contribution in [2.24, 2.45) is 0 Å². The zero-order valence-electron chi connectivity index (χ0n) is 8.88. The number of nitro groups is 1. The average molecular weight is 232 g/mol. The van der Waals surface area contributed by atoms with Gasteiger partial charge in [-0.1, -0.05) is 0 Å². The molecule has 0 saturated heterocycles. The van der Waals surface area contributed by atoms with E-state index in [0.717, 1.165) is 0 Å². The first-order chi connectivity index (χ1) is 8.00. The van der Waals surface area contributed by atoms with Gasteiger partial charge in [0.15, 0.2) is 5.69 Å². The number of carboxylic acid groups (broad SMARTS) is 1. The van der Waals surface area contributed by atoms with Gasteiger partial charge in [0.05, 0.1) is 10.3 Å². The number of nitro benzene ring substituents is 1. The van der Waals surface area contributed by atoms with Gasteiger partial charge in [-0.2, -0.15) is 0 Å². The van der Waals surface area contributed by atoms with Gasteiger partial charge in [-0.15, -0.1) is 0 Å². The predicted molar refractivity (Wildman–Crippen MR) is 60.1 cm³/mol. The third-order valence-electron chi connectivity index (χ3n) is 2.40. The number of carboxylic acids is 1. The zero-order valence-corrected chi connectivity index (χ0v) is 8.88. The molecule has 0 radical (unpaired) electrons. The molecular weight excluding hydrogens is 224 g/mol. The first-order valence-electron chi connectivity index (χ1n) is 4.78. The van der Waals surface area contributed by atoms with Gasteiger partial charge >= 0.3 is 5.97 Å². The number of pyridine rings is 1. The maximum Gasteiger partial charge on any atom is 0.355 e. The molecule has 2 rings (SSSR count). The second kappa shape index (κ2) is 3.82. The van der Waals surface area contributed by atoms with Crippen LogP contribution in [0.25, 0.3) is 10.8 Å². The summed E-state index contributed by atoms with van der Waals surface area (Å²) in [5.74, 6) is -1.20. The minimum atomic E-state index is -1.20. The van der Waals surface area contributed by atoms with E-state index in [1.165, 1.54) is 18.3 Å². The number of hydrogen-bond donors (Lipinski definition) is 1. The monoisotopic (exact) mass is 232 g/mol.